The molecule has 6 nitrogen and oxygen atoms in total. The van der Waals surface area contributed by atoms with Gasteiger partial charge in [-0.3, -0.25) is 4.79 Å². The van der Waals surface area contributed by atoms with Gasteiger partial charge >= 0.3 is 12.6 Å². The Balaban J connectivity index is 1.52. The Morgan fingerprint density at radius 1 is 1.15 bits per heavy atom. The van der Waals surface area contributed by atoms with Crippen molar-refractivity contribution < 1.29 is 27.8 Å². The highest BCUT2D eigenvalue weighted by Gasteiger charge is 2.12. The molecule has 0 saturated carbocycles. The fourth-order valence-electron chi connectivity index (χ4n) is 2.11. The number of nitrogens with zero attached hydrogens (tertiary/aromatic N) is 1. The number of nitrogens with one attached hydrogen (secondary N) is 1. The molecule has 1 amide bonds. The maximum atomic E-state index is 12.1. The lowest BCUT2D eigenvalue weighted by atomic mass is 10.2. The smallest absolute Gasteiger partial charge is 0.387 e. The molecule has 0 bridgehead atoms. The number of amides is 1. The van der Waals surface area contributed by atoms with Gasteiger partial charge in [-0.05, 0) is 42.5 Å². The zero-order valence-corrected chi connectivity index (χ0v) is 14.0. The molecule has 134 valence electrons. The average Bonchev–Trinajstić information content (AvgIpc) is 3.08. The molecule has 0 radical (unpaired) electrons. The Morgan fingerprint density at radius 2 is 1.92 bits per heavy atom. The van der Waals surface area contributed by atoms with E-state index >= 15 is 0 Å². The molecule has 0 aliphatic carbocycles. The van der Waals surface area contributed by atoms with Gasteiger partial charge in [0.15, 0.2) is 6.61 Å². The summed E-state index contributed by atoms with van der Waals surface area (Å²) in [6.45, 7) is -3.39. The first-order chi connectivity index (χ1) is 12.5. The van der Waals surface area contributed by atoms with Crippen LogP contribution in [0.25, 0.3) is 10.2 Å². The van der Waals surface area contributed by atoms with Crippen molar-refractivity contribution in [2.75, 3.05) is 11.9 Å². The van der Waals surface area contributed by atoms with Gasteiger partial charge in [0.2, 0.25) is 0 Å². The van der Waals surface area contributed by atoms with Crippen LogP contribution in [0.2, 0.25) is 0 Å². The monoisotopic (exact) mass is 378 g/mol. The molecule has 3 aromatic rings. The molecule has 3 rings (SSSR count). The third-order valence-corrected chi connectivity index (χ3v) is 4.06. The lowest BCUT2D eigenvalue weighted by molar-refractivity contribution is -0.119. The van der Waals surface area contributed by atoms with Gasteiger partial charge in [-0.15, -0.1) is 11.3 Å². The number of anilines is 1. The van der Waals surface area contributed by atoms with Gasteiger partial charge in [0.1, 0.15) is 5.75 Å². The van der Waals surface area contributed by atoms with Crippen molar-refractivity contribution in [2.45, 2.75) is 6.61 Å². The largest absolute Gasteiger partial charge is 0.452 e. The number of aromatic nitrogens is 1. The standard InChI is InChI=1S/C17H12F2N2O4S/c18-17(19)25-12-4-2-11(3-5-12)21-15(22)8-24-16(23)10-1-6-13-14(7-10)26-9-20-13/h1-7,9,17H,8H2,(H,21,22). The van der Waals surface area contributed by atoms with Crippen molar-refractivity contribution in [3.63, 3.8) is 0 Å². The Morgan fingerprint density at radius 3 is 2.65 bits per heavy atom. The molecule has 0 aliphatic rings. The number of thiazole rings is 1. The van der Waals surface area contributed by atoms with E-state index in [1.165, 1.54) is 35.6 Å². The van der Waals surface area contributed by atoms with Gasteiger partial charge in [-0.25, -0.2) is 9.78 Å². The second-order valence-electron chi connectivity index (χ2n) is 5.06. The van der Waals surface area contributed by atoms with E-state index in [1.54, 1.807) is 23.7 Å². The molecule has 0 aliphatic heterocycles. The van der Waals surface area contributed by atoms with Gasteiger partial charge < -0.3 is 14.8 Å². The molecule has 2 aromatic carbocycles. The molecule has 26 heavy (non-hydrogen) atoms. The van der Waals surface area contributed by atoms with Crippen LogP contribution in [0, 0.1) is 0 Å². The Bertz CT molecular complexity index is 928. The van der Waals surface area contributed by atoms with E-state index in [4.69, 9.17) is 4.74 Å². The summed E-state index contributed by atoms with van der Waals surface area (Å²) >= 11 is 1.39. The maximum absolute atomic E-state index is 12.1. The van der Waals surface area contributed by atoms with Crippen molar-refractivity contribution in [2.24, 2.45) is 0 Å². The number of carbonyl (C=O) groups is 2. The predicted octanol–water partition coefficient (Wildman–Crippen LogP) is 3.69. The minimum Gasteiger partial charge on any atom is -0.452 e. The number of hydrogen-bond acceptors (Lipinski definition) is 6. The van der Waals surface area contributed by atoms with Gasteiger partial charge in [0.05, 0.1) is 21.3 Å². The summed E-state index contributed by atoms with van der Waals surface area (Å²) < 4.78 is 34.2. The molecule has 0 atom stereocenters. The van der Waals surface area contributed by atoms with Crippen LogP contribution in [0.5, 0.6) is 5.75 Å². The van der Waals surface area contributed by atoms with Crippen LogP contribution in [0.4, 0.5) is 14.5 Å². The topological polar surface area (TPSA) is 77.5 Å². The normalized spacial score (nSPS) is 10.7. The van der Waals surface area contributed by atoms with Crippen molar-refractivity contribution in [3.8, 4) is 5.75 Å². The van der Waals surface area contributed by atoms with E-state index < -0.39 is 25.1 Å². The number of hydrogen-bond donors (Lipinski definition) is 1. The van der Waals surface area contributed by atoms with Gasteiger partial charge in [0.25, 0.3) is 5.91 Å². The molecule has 0 fully saturated rings. The van der Waals surface area contributed by atoms with Crippen molar-refractivity contribution >= 4 is 39.1 Å². The number of rotatable bonds is 6. The number of ether oxygens (including phenoxy) is 2. The summed E-state index contributed by atoms with van der Waals surface area (Å²) in [5.41, 5.74) is 3.13. The summed E-state index contributed by atoms with van der Waals surface area (Å²) in [6.07, 6.45) is 0. The summed E-state index contributed by atoms with van der Waals surface area (Å²) in [7, 11) is 0. The lowest BCUT2D eigenvalue weighted by Crippen LogP contribution is -2.20. The molecule has 0 spiro atoms. The molecule has 0 unspecified atom stereocenters. The number of esters is 1. The summed E-state index contributed by atoms with van der Waals surface area (Å²) in [5.74, 6) is -1.21. The zero-order valence-electron chi connectivity index (χ0n) is 13.1. The first-order valence-corrected chi connectivity index (χ1v) is 8.24. The second kappa shape index (κ2) is 7.87. The predicted molar refractivity (Wildman–Crippen MR) is 91.6 cm³/mol. The highest BCUT2D eigenvalue weighted by Crippen LogP contribution is 2.20. The van der Waals surface area contributed by atoms with Gasteiger partial charge in [-0.2, -0.15) is 8.78 Å². The van der Waals surface area contributed by atoms with E-state index in [0.29, 0.717) is 11.3 Å². The SMILES string of the molecule is O=C(COC(=O)c1ccc2ncsc2c1)Nc1ccc(OC(F)F)cc1. The number of halogens is 2. The third kappa shape index (κ3) is 4.51. The first-order valence-electron chi connectivity index (χ1n) is 7.36. The van der Waals surface area contributed by atoms with E-state index in [-0.39, 0.29) is 5.75 Å². The average molecular weight is 378 g/mol. The maximum Gasteiger partial charge on any atom is 0.387 e. The number of benzene rings is 2. The van der Waals surface area contributed by atoms with Crippen LogP contribution < -0.4 is 10.1 Å². The van der Waals surface area contributed by atoms with E-state index in [9.17, 15) is 18.4 Å². The Labute approximate surface area is 150 Å². The van der Waals surface area contributed by atoms with Crippen molar-refractivity contribution in [1.82, 2.24) is 4.98 Å². The number of alkyl halides is 2. The van der Waals surface area contributed by atoms with E-state index in [0.717, 1.165) is 10.2 Å². The molecule has 0 saturated heterocycles. The van der Waals surface area contributed by atoms with Crippen molar-refractivity contribution in [3.05, 3.63) is 53.5 Å². The number of fused-ring (bicyclic) bond motifs is 1. The lowest BCUT2D eigenvalue weighted by Gasteiger charge is -2.08. The minimum atomic E-state index is -2.92. The molecule has 1 heterocycles. The van der Waals surface area contributed by atoms with Crippen LogP contribution in [0.1, 0.15) is 10.4 Å². The molecule has 1 aromatic heterocycles. The zero-order chi connectivity index (χ0) is 18.5. The molecule has 9 heteroatoms. The second-order valence-corrected chi connectivity index (χ2v) is 5.95. The van der Waals surface area contributed by atoms with Gasteiger partial charge in [0, 0.05) is 5.69 Å². The summed E-state index contributed by atoms with van der Waals surface area (Å²) in [6, 6.07) is 10.3. The Hall–Kier alpha value is -3.07. The summed E-state index contributed by atoms with van der Waals surface area (Å²) in [5, 5.41) is 2.49. The van der Waals surface area contributed by atoms with Crippen molar-refractivity contribution in [1.29, 1.82) is 0 Å². The first kappa shape index (κ1) is 17.7. The highest BCUT2D eigenvalue weighted by atomic mass is 32.1. The third-order valence-electron chi connectivity index (χ3n) is 3.26. The van der Waals surface area contributed by atoms with Crippen LogP contribution in [0.15, 0.2) is 48.0 Å². The fourth-order valence-corrected chi connectivity index (χ4v) is 2.83. The van der Waals surface area contributed by atoms with E-state index in [1.807, 2.05) is 0 Å². The fraction of sp³-hybridized carbons (Fsp3) is 0.118. The van der Waals surface area contributed by atoms with Gasteiger partial charge in [-0.1, -0.05) is 0 Å². The van der Waals surface area contributed by atoms with Crippen LogP contribution in [-0.2, 0) is 9.53 Å². The minimum absolute atomic E-state index is 0.0251. The van der Waals surface area contributed by atoms with Crippen LogP contribution in [-0.4, -0.2) is 30.1 Å². The van der Waals surface area contributed by atoms with Crippen LogP contribution >= 0.6 is 11.3 Å². The summed E-state index contributed by atoms with van der Waals surface area (Å²) in [4.78, 5) is 28.0. The van der Waals surface area contributed by atoms with E-state index in [2.05, 4.69) is 15.0 Å². The number of carbonyl (C=O) groups excluding carboxylic acids is 2. The Kier molecular flexibility index (Phi) is 5.37. The molecular formula is C17H12F2N2O4S. The van der Waals surface area contributed by atoms with Crippen LogP contribution in [0.3, 0.4) is 0 Å². The molecule has 1 N–H and O–H groups in total. The quantitative estimate of drug-likeness (QED) is 0.662. The molecular weight excluding hydrogens is 366 g/mol. The highest BCUT2D eigenvalue weighted by molar-refractivity contribution is 7.16.